The fourth-order valence-corrected chi connectivity index (χ4v) is 4.47. The molecule has 1 unspecified atom stereocenters. The lowest BCUT2D eigenvalue weighted by molar-refractivity contribution is 0.102. The van der Waals surface area contributed by atoms with Crippen LogP contribution in [0.5, 0.6) is 0 Å². The Balaban J connectivity index is 1.39. The summed E-state index contributed by atoms with van der Waals surface area (Å²) in [5, 5.41) is 6.43. The van der Waals surface area contributed by atoms with Crippen LogP contribution in [-0.2, 0) is 0 Å². The molecule has 33 heavy (non-hydrogen) atoms. The minimum Gasteiger partial charge on any atom is -0.359 e. The molecular weight excluding hydrogens is 410 g/mol. The van der Waals surface area contributed by atoms with Crippen LogP contribution in [0.4, 0.5) is 11.4 Å². The number of rotatable bonds is 8. The highest BCUT2D eigenvalue weighted by molar-refractivity contribution is 6.04. The molecule has 2 N–H and O–H groups in total. The van der Waals surface area contributed by atoms with Crippen LogP contribution in [0.1, 0.15) is 37.0 Å². The average molecular weight is 444 g/mol. The molecule has 0 bridgehead atoms. The molecule has 1 atom stereocenters. The second-order valence-corrected chi connectivity index (χ2v) is 9.01. The van der Waals surface area contributed by atoms with Crippen LogP contribution < -0.4 is 10.6 Å². The second kappa shape index (κ2) is 10.0. The third kappa shape index (κ3) is 5.34. The summed E-state index contributed by atoms with van der Waals surface area (Å²) in [7, 11) is 4.25. The van der Waals surface area contributed by atoms with E-state index in [9.17, 15) is 4.79 Å². The zero-order chi connectivity index (χ0) is 23.4. The van der Waals surface area contributed by atoms with Gasteiger partial charge in [0.05, 0.1) is 0 Å². The number of hydrogen-bond acceptors (Lipinski definition) is 5. The maximum absolute atomic E-state index is 12.5. The fraction of sp³-hybridized carbons (Fsp3) is 0.333. The number of amides is 1. The predicted octanol–water partition coefficient (Wildman–Crippen LogP) is 5.09. The maximum Gasteiger partial charge on any atom is 0.255 e. The van der Waals surface area contributed by atoms with E-state index >= 15 is 0 Å². The summed E-state index contributed by atoms with van der Waals surface area (Å²) < 4.78 is 0. The van der Waals surface area contributed by atoms with E-state index < -0.39 is 0 Å². The Morgan fingerprint density at radius 1 is 1.06 bits per heavy atom. The summed E-state index contributed by atoms with van der Waals surface area (Å²) in [6.45, 7) is 6.66. The van der Waals surface area contributed by atoms with Crippen molar-refractivity contribution in [1.29, 1.82) is 0 Å². The molecule has 0 saturated carbocycles. The Morgan fingerprint density at radius 2 is 1.79 bits per heavy atom. The van der Waals surface area contributed by atoms with Crippen molar-refractivity contribution in [3.05, 3.63) is 89.2 Å². The van der Waals surface area contributed by atoms with Gasteiger partial charge in [-0.3, -0.25) is 9.78 Å². The Labute approximate surface area is 196 Å². The molecule has 1 amide bonds. The molecule has 172 valence electrons. The number of allylic oxidation sites excluding steroid dienone is 5. The lowest BCUT2D eigenvalue weighted by Gasteiger charge is -2.28. The van der Waals surface area contributed by atoms with Gasteiger partial charge < -0.3 is 20.4 Å². The van der Waals surface area contributed by atoms with Crippen molar-refractivity contribution in [2.24, 2.45) is 5.92 Å². The Morgan fingerprint density at radius 3 is 2.48 bits per heavy atom. The van der Waals surface area contributed by atoms with Gasteiger partial charge in [-0.2, -0.15) is 0 Å². The minimum atomic E-state index is -0.131. The first-order valence-corrected chi connectivity index (χ1v) is 11.5. The first-order chi connectivity index (χ1) is 15.9. The van der Waals surface area contributed by atoms with Crippen LogP contribution in [0.15, 0.2) is 83.6 Å². The van der Waals surface area contributed by atoms with Gasteiger partial charge in [0.25, 0.3) is 5.91 Å². The lowest BCUT2D eigenvalue weighted by atomic mass is 9.90. The second-order valence-electron chi connectivity index (χ2n) is 9.01. The lowest BCUT2D eigenvalue weighted by Crippen LogP contribution is -2.25. The molecule has 1 aliphatic heterocycles. The highest BCUT2D eigenvalue weighted by Gasteiger charge is 2.33. The van der Waals surface area contributed by atoms with Gasteiger partial charge in [-0.1, -0.05) is 0 Å². The van der Waals surface area contributed by atoms with Crippen molar-refractivity contribution < 1.29 is 4.79 Å². The zero-order valence-electron chi connectivity index (χ0n) is 19.9. The molecule has 2 aromatic rings. The summed E-state index contributed by atoms with van der Waals surface area (Å²) in [5.41, 5.74) is 7.80. The van der Waals surface area contributed by atoms with Crippen molar-refractivity contribution in [2.45, 2.75) is 26.7 Å². The summed E-state index contributed by atoms with van der Waals surface area (Å²) in [6.07, 6.45) is 9.89. The van der Waals surface area contributed by atoms with E-state index in [1.54, 1.807) is 24.5 Å². The largest absolute Gasteiger partial charge is 0.359 e. The number of fused-ring (bicyclic) bond motifs is 1. The van der Waals surface area contributed by atoms with Crippen molar-refractivity contribution in [3.8, 4) is 0 Å². The third-order valence-corrected chi connectivity index (χ3v) is 6.42. The van der Waals surface area contributed by atoms with Gasteiger partial charge in [-0.25, -0.2) is 0 Å². The van der Waals surface area contributed by atoms with E-state index in [2.05, 4.69) is 65.5 Å². The average Bonchev–Trinajstić information content (AvgIpc) is 3.04. The monoisotopic (exact) mass is 443 g/mol. The Hall–Kier alpha value is -3.38. The van der Waals surface area contributed by atoms with Crippen LogP contribution in [0.25, 0.3) is 0 Å². The number of anilines is 2. The molecular formula is C27H33N5O. The van der Waals surface area contributed by atoms with Crippen molar-refractivity contribution >= 4 is 17.3 Å². The Kier molecular flexibility index (Phi) is 6.94. The quantitative estimate of drug-likeness (QED) is 0.595. The standard InChI is InChI=1S/C27H33N5O/c1-19-20(2)32(17-5-16-31(3)4)26-11-10-24(18-25(19)26)29-22-8-6-21(7-9-22)27(33)30-23-12-14-28-15-13-23/h6-15,25,29H,5,16-18H2,1-4H3,(H,28,30,33). The molecule has 1 aromatic heterocycles. The van der Waals surface area contributed by atoms with Crippen LogP contribution in [0.3, 0.4) is 0 Å². The number of nitrogens with zero attached hydrogens (tertiary/aromatic N) is 3. The molecule has 0 saturated heterocycles. The van der Waals surface area contributed by atoms with Gasteiger partial charge in [0, 0.05) is 58.9 Å². The number of aromatic nitrogens is 1. The number of carbonyl (C=O) groups excluding carboxylic acids is 1. The highest BCUT2D eigenvalue weighted by atomic mass is 16.1. The summed E-state index contributed by atoms with van der Waals surface area (Å²) in [6, 6.07) is 11.2. The number of nitrogens with one attached hydrogen (secondary N) is 2. The molecule has 0 spiro atoms. The maximum atomic E-state index is 12.5. The van der Waals surface area contributed by atoms with Crippen LogP contribution in [0, 0.1) is 5.92 Å². The minimum absolute atomic E-state index is 0.131. The molecule has 0 fully saturated rings. The molecule has 1 aliphatic carbocycles. The fourth-order valence-electron chi connectivity index (χ4n) is 4.47. The number of hydrogen-bond donors (Lipinski definition) is 2. The zero-order valence-corrected chi connectivity index (χ0v) is 19.9. The van der Waals surface area contributed by atoms with Crippen LogP contribution in [-0.4, -0.2) is 47.9 Å². The van der Waals surface area contributed by atoms with Gasteiger partial charge in [-0.05, 0) is 101 Å². The van der Waals surface area contributed by atoms with Crippen molar-refractivity contribution in [2.75, 3.05) is 37.8 Å². The highest BCUT2D eigenvalue weighted by Crippen LogP contribution is 2.42. The molecule has 6 nitrogen and oxygen atoms in total. The number of pyridine rings is 1. The molecule has 0 radical (unpaired) electrons. The molecule has 2 aliphatic rings. The SMILES string of the molecule is CC1=C(C)N(CCCN(C)C)C2=CC=C(Nc3ccc(C(=O)Nc4ccncc4)cc3)CC21. The van der Waals surface area contributed by atoms with E-state index in [1.807, 2.05) is 24.3 Å². The summed E-state index contributed by atoms with van der Waals surface area (Å²) >= 11 is 0. The van der Waals surface area contributed by atoms with Crippen molar-refractivity contribution in [1.82, 2.24) is 14.8 Å². The molecule has 6 heteroatoms. The molecule has 1 aromatic carbocycles. The topological polar surface area (TPSA) is 60.5 Å². The van der Waals surface area contributed by atoms with Crippen LogP contribution >= 0.6 is 0 Å². The van der Waals surface area contributed by atoms with E-state index in [4.69, 9.17) is 0 Å². The summed E-state index contributed by atoms with van der Waals surface area (Å²) in [5.74, 6) is 0.302. The van der Waals surface area contributed by atoms with Gasteiger partial charge in [0.15, 0.2) is 0 Å². The van der Waals surface area contributed by atoms with Gasteiger partial charge >= 0.3 is 0 Å². The van der Waals surface area contributed by atoms with E-state index in [1.165, 1.54) is 22.7 Å². The summed E-state index contributed by atoms with van der Waals surface area (Å²) in [4.78, 5) is 21.2. The third-order valence-electron chi connectivity index (χ3n) is 6.42. The van der Waals surface area contributed by atoms with Gasteiger partial charge in [0.2, 0.25) is 0 Å². The van der Waals surface area contributed by atoms with E-state index in [0.29, 0.717) is 11.5 Å². The number of benzene rings is 1. The first-order valence-electron chi connectivity index (χ1n) is 11.5. The Bertz CT molecular complexity index is 1080. The first kappa shape index (κ1) is 22.8. The normalized spacial score (nSPS) is 17.6. The molecule has 2 heterocycles. The van der Waals surface area contributed by atoms with Crippen molar-refractivity contribution in [3.63, 3.8) is 0 Å². The number of carbonyl (C=O) groups is 1. The van der Waals surface area contributed by atoms with Crippen LogP contribution in [0.2, 0.25) is 0 Å². The molecule has 4 rings (SSSR count). The smallest absolute Gasteiger partial charge is 0.255 e. The predicted molar refractivity (Wildman–Crippen MR) is 135 cm³/mol. The van der Waals surface area contributed by atoms with E-state index in [0.717, 1.165) is 37.3 Å². The van der Waals surface area contributed by atoms with Gasteiger partial charge in [0.1, 0.15) is 0 Å². The van der Waals surface area contributed by atoms with E-state index in [-0.39, 0.29) is 5.91 Å². The van der Waals surface area contributed by atoms with Gasteiger partial charge in [-0.15, -0.1) is 0 Å².